The lowest BCUT2D eigenvalue weighted by molar-refractivity contribution is -0.0109. The Morgan fingerprint density at radius 3 is 2.80 bits per heavy atom. The Labute approximate surface area is 203 Å². The quantitative estimate of drug-likeness (QED) is 0.507. The van der Waals surface area contributed by atoms with Crippen molar-refractivity contribution in [1.82, 2.24) is 14.5 Å². The van der Waals surface area contributed by atoms with Crippen LogP contribution in [0.15, 0.2) is 39.9 Å². The average Bonchev–Trinajstić information content (AvgIpc) is 2.85. The molecule has 1 amide bonds. The molecule has 0 spiro atoms. The van der Waals surface area contributed by atoms with Crippen LogP contribution in [0.5, 0.6) is 5.75 Å². The van der Waals surface area contributed by atoms with E-state index in [1.54, 1.807) is 24.3 Å². The van der Waals surface area contributed by atoms with Crippen LogP contribution in [0.1, 0.15) is 68.4 Å². The van der Waals surface area contributed by atoms with E-state index >= 15 is 0 Å². The number of carbonyl (C=O) groups excluding carboxylic acids is 1. The molecular formula is C26H32N4O5. The van der Waals surface area contributed by atoms with E-state index in [0.29, 0.717) is 36.7 Å². The first-order valence-corrected chi connectivity index (χ1v) is 12.2. The van der Waals surface area contributed by atoms with Gasteiger partial charge in [0.25, 0.3) is 11.5 Å². The van der Waals surface area contributed by atoms with Gasteiger partial charge in [0.2, 0.25) is 0 Å². The number of para-hydroxylation sites is 2. The number of nitrogens with one attached hydrogen (secondary N) is 2. The van der Waals surface area contributed by atoms with Crippen molar-refractivity contribution in [2.75, 3.05) is 18.5 Å². The number of ether oxygens (including phenoxy) is 2. The number of pyridine rings is 1. The van der Waals surface area contributed by atoms with Gasteiger partial charge >= 0.3 is 5.69 Å². The third kappa shape index (κ3) is 5.45. The van der Waals surface area contributed by atoms with E-state index in [2.05, 4.69) is 15.3 Å². The summed E-state index contributed by atoms with van der Waals surface area (Å²) in [4.78, 5) is 45.7. The van der Waals surface area contributed by atoms with Gasteiger partial charge in [-0.1, -0.05) is 32.9 Å². The van der Waals surface area contributed by atoms with Crippen molar-refractivity contribution >= 4 is 22.6 Å². The van der Waals surface area contributed by atoms with Gasteiger partial charge in [0.05, 0.1) is 22.7 Å². The van der Waals surface area contributed by atoms with E-state index in [0.717, 1.165) is 25.9 Å². The minimum atomic E-state index is -0.635. The molecule has 2 N–H and O–H groups in total. The molecule has 9 heteroatoms. The average molecular weight is 481 g/mol. The highest BCUT2D eigenvalue weighted by Gasteiger charge is 2.22. The summed E-state index contributed by atoms with van der Waals surface area (Å²) in [7, 11) is 0. The van der Waals surface area contributed by atoms with Gasteiger partial charge in [0.1, 0.15) is 12.4 Å². The smallest absolute Gasteiger partial charge is 0.329 e. The van der Waals surface area contributed by atoms with E-state index in [1.807, 2.05) is 26.8 Å². The largest absolute Gasteiger partial charge is 0.489 e. The fraction of sp³-hybridized carbons (Fsp3) is 0.462. The summed E-state index contributed by atoms with van der Waals surface area (Å²) in [5.74, 6) is 0.0345. The van der Waals surface area contributed by atoms with Gasteiger partial charge in [-0.15, -0.1) is 0 Å². The topological polar surface area (TPSA) is 115 Å². The number of carbonyl (C=O) groups is 1. The molecule has 3 heterocycles. The van der Waals surface area contributed by atoms with E-state index in [1.165, 1.54) is 4.57 Å². The number of rotatable bonds is 8. The first-order valence-electron chi connectivity index (χ1n) is 12.2. The molecule has 1 atom stereocenters. The monoisotopic (exact) mass is 480 g/mol. The predicted octanol–water partition coefficient (Wildman–Crippen LogP) is 3.82. The van der Waals surface area contributed by atoms with Crippen molar-refractivity contribution in [3.05, 3.63) is 62.4 Å². The third-order valence-electron chi connectivity index (χ3n) is 6.09. The van der Waals surface area contributed by atoms with Crippen molar-refractivity contribution in [2.45, 2.75) is 65.0 Å². The van der Waals surface area contributed by atoms with Crippen LogP contribution in [0.3, 0.4) is 0 Å². The summed E-state index contributed by atoms with van der Waals surface area (Å²) in [5, 5.41) is 2.99. The van der Waals surface area contributed by atoms with Gasteiger partial charge in [0.15, 0.2) is 5.65 Å². The standard InChI is InChI=1S/C26H32N4O5/c1-4-12-30-23-22(25(32)29-26(30)33)18(14-20(27-23)16(2)3)24(31)28-19-10-5-6-11-21(19)35-15-17-9-7-8-13-34-17/h5-6,10-11,14,16-17H,4,7-9,12-13,15H2,1-3H3,(H,28,31)(H,29,32,33). The lowest BCUT2D eigenvalue weighted by Gasteiger charge is -2.23. The second-order valence-corrected chi connectivity index (χ2v) is 9.11. The molecule has 1 fully saturated rings. The number of hydrogen-bond acceptors (Lipinski definition) is 6. The second-order valence-electron chi connectivity index (χ2n) is 9.11. The van der Waals surface area contributed by atoms with Crippen LogP contribution >= 0.6 is 0 Å². The van der Waals surface area contributed by atoms with Crippen LogP contribution in [0.25, 0.3) is 11.0 Å². The lowest BCUT2D eigenvalue weighted by Crippen LogP contribution is -2.32. The van der Waals surface area contributed by atoms with Crippen molar-refractivity contribution < 1.29 is 14.3 Å². The number of benzene rings is 1. The molecule has 0 aliphatic carbocycles. The first kappa shape index (κ1) is 24.7. The summed E-state index contributed by atoms with van der Waals surface area (Å²) in [6.07, 6.45) is 3.81. The van der Waals surface area contributed by atoms with Gasteiger partial charge in [-0.05, 0) is 49.8 Å². The molecule has 1 aliphatic rings. The minimum absolute atomic E-state index is 0.0125. The minimum Gasteiger partial charge on any atom is -0.489 e. The van der Waals surface area contributed by atoms with Crippen LogP contribution in [0, 0.1) is 0 Å². The number of aromatic nitrogens is 3. The van der Waals surface area contributed by atoms with Crippen LogP contribution in [0.4, 0.5) is 5.69 Å². The van der Waals surface area contributed by atoms with Gasteiger partial charge in [0, 0.05) is 18.8 Å². The number of aryl methyl sites for hydroxylation is 1. The number of aromatic amines is 1. The number of nitrogens with zero attached hydrogens (tertiary/aromatic N) is 2. The molecule has 3 aromatic rings. The predicted molar refractivity (Wildman–Crippen MR) is 134 cm³/mol. The van der Waals surface area contributed by atoms with Gasteiger partial charge in [-0.2, -0.15) is 0 Å². The molecule has 1 saturated heterocycles. The molecule has 4 rings (SSSR count). The Bertz CT molecular complexity index is 1320. The zero-order valence-corrected chi connectivity index (χ0v) is 20.4. The van der Waals surface area contributed by atoms with Crippen LogP contribution in [-0.4, -0.2) is 39.8 Å². The van der Waals surface area contributed by atoms with Crippen molar-refractivity contribution in [2.24, 2.45) is 0 Å². The lowest BCUT2D eigenvalue weighted by atomic mass is 10.0. The molecule has 35 heavy (non-hydrogen) atoms. The highest BCUT2D eigenvalue weighted by molar-refractivity contribution is 6.12. The molecule has 186 valence electrons. The molecule has 1 aliphatic heterocycles. The highest BCUT2D eigenvalue weighted by atomic mass is 16.5. The number of hydrogen-bond donors (Lipinski definition) is 2. The summed E-state index contributed by atoms with van der Waals surface area (Å²) in [5.41, 5.74) is 0.322. The van der Waals surface area contributed by atoms with E-state index in [4.69, 9.17) is 9.47 Å². The van der Waals surface area contributed by atoms with E-state index < -0.39 is 17.2 Å². The molecule has 0 bridgehead atoms. The van der Waals surface area contributed by atoms with Gasteiger partial charge in [-0.3, -0.25) is 19.1 Å². The summed E-state index contributed by atoms with van der Waals surface area (Å²) in [6, 6.07) is 8.79. The maximum atomic E-state index is 13.5. The van der Waals surface area contributed by atoms with Crippen LogP contribution in [-0.2, 0) is 11.3 Å². The Morgan fingerprint density at radius 1 is 1.29 bits per heavy atom. The number of anilines is 1. The SMILES string of the molecule is CCCn1c(=O)[nH]c(=O)c2c(C(=O)Nc3ccccc3OCC3CCCCO3)cc(C(C)C)nc21. The molecular weight excluding hydrogens is 448 g/mol. The van der Waals surface area contributed by atoms with Crippen molar-refractivity contribution in [1.29, 1.82) is 0 Å². The molecule has 0 saturated carbocycles. The highest BCUT2D eigenvalue weighted by Crippen LogP contribution is 2.27. The summed E-state index contributed by atoms with van der Waals surface area (Å²) in [6.45, 7) is 7.33. The molecule has 1 aromatic carbocycles. The zero-order valence-electron chi connectivity index (χ0n) is 20.4. The summed E-state index contributed by atoms with van der Waals surface area (Å²) >= 11 is 0. The summed E-state index contributed by atoms with van der Waals surface area (Å²) < 4.78 is 13.1. The van der Waals surface area contributed by atoms with Crippen molar-refractivity contribution in [3.8, 4) is 5.75 Å². The fourth-order valence-corrected chi connectivity index (χ4v) is 4.21. The Balaban J connectivity index is 1.71. The number of amides is 1. The van der Waals surface area contributed by atoms with Crippen LogP contribution in [0.2, 0.25) is 0 Å². The maximum absolute atomic E-state index is 13.5. The van der Waals surface area contributed by atoms with Crippen molar-refractivity contribution in [3.63, 3.8) is 0 Å². The van der Waals surface area contributed by atoms with Gasteiger partial charge in [-0.25, -0.2) is 9.78 Å². The van der Waals surface area contributed by atoms with E-state index in [-0.39, 0.29) is 28.6 Å². The normalized spacial score (nSPS) is 15.9. The van der Waals surface area contributed by atoms with E-state index in [9.17, 15) is 14.4 Å². The molecule has 9 nitrogen and oxygen atoms in total. The molecule has 1 unspecified atom stereocenters. The number of H-pyrrole nitrogens is 1. The second kappa shape index (κ2) is 10.9. The first-order chi connectivity index (χ1) is 16.9. The number of fused-ring (bicyclic) bond motifs is 1. The zero-order chi connectivity index (χ0) is 24.9. The third-order valence-corrected chi connectivity index (χ3v) is 6.09. The molecule has 0 radical (unpaired) electrons. The Hall–Kier alpha value is -3.46. The Morgan fingerprint density at radius 2 is 2.09 bits per heavy atom. The van der Waals surface area contributed by atoms with Gasteiger partial charge < -0.3 is 14.8 Å². The van der Waals surface area contributed by atoms with Crippen LogP contribution < -0.4 is 21.3 Å². The Kier molecular flexibility index (Phi) is 7.65. The maximum Gasteiger partial charge on any atom is 0.329 e. The fourth-order valence-electron chi connectivity index (χ4n) is 4.21. The molecule has 2 aromatic heterocycles.